The monoisotopic (exact) mass is 487 g/mol. The van der Waals surface area contributed by atoms with Crippen LogP contribution >= 0.6 is 0 Å². The normalized spacial score (nSPS) is 11.1. The van der Waals surface area contributed by atoms with Gasteiger partial charge in [0.05, 0.1) is 0 Å². The van der Waals surface area contributed by atoms with E-state index in [1.54, 1.807) is 20.8 Å². The van der Waals surface area contributed by atoms with E-state index in [0.29, 0.717) is 23.1 Å². The lowest BCUT2D eigenvalue weighted by atomic mass is 9.13. The van der Waals surface area contributed by atoms with Crippen molar-refractivity contribution in [2.24, 2.45) is 0 Å². The number of hydrogen-bond acceptors (Lipinski definition) is 4. The molecule has 0 saturated carbocycles. The van der Waals surface area contributed by atoms with Crippen LogP contribution in [0.15, 0.2) is 97.1 Å². The summed E-state index contributed by atoms with van der Waals surface area (Å²) in [5.41, 5.74) is 6.74. The van der Waals surface area contributed by atoms with Gasteiger partial charge in [-0.1, -0.05) is 97.1 Å². The first-order valence-corrected chi connectivity index (χ1v) is 12.3. The zero-order valence-electron chi connectivity index (χ0n) is 21.2. The predicted octanol–water partition coefficient (Wildman–Crippen LogP) is 3.41. The molecule has 0 saturated heterocycles. The second-order valence-corrected chi connectivity index (χ2v) is 9.51. The zero-order valence-corrected chi connectivity index (χ0v) is 21.2. The van der Waals surface area contributed by atoms with Gasteiger partial charge in [-0.25, -0.2) is 0 Å². The van der Waals surface area contributed by atoms with E-state index in [2.05, 4.69) is 0 Å². The van der Waals surface area contributed by atoms with E-state index < -0.39 is 6.15 Å². The van der Waals surface area contributed by atoms with Crippen LogP contribution in [0.1, 0.15) is 57.4 Å². The number of rotatable bonds is 9. The van der Waals surface area contributed by atoms with Crippen LogP contribution < -0.4 is 21.9 Å². The minimum Gasteiger partial charge on any atom is -0.303 e. The number of aldehydes is 1. The van der Waals surface area contributed by atoms with Crippen LogP contribution in [0.3, 0.4) is 0 Å². The van der Waals surface area contributed by atoms with E-state index in [1.165, 1.54) is 0 Å². The van der Waals surface area contributed by atoms with Gasteiger partial charge in [-0.2, -0.15) is 21.9 Å². The molecule has 0 aromatic heterocycles. The molecule has 184 valence electrons. The third-order valence-electron chi connectivity index (χ3n) is 7.25. The molecule has 4 aromatic carbocycles. The van der Waals surface area contributed by atoms with Crippen LogP contribution in [0.4, 0.5) is 0 Å². The highest BCUT2D eigenvalue weighted by Crippen LogP contribution is 2.14. The molecule has 4 nitrogen and oxygen atoms in total. The van der Waals surface area contributed by atoms with Gasteiger partial charge in [-0.05, 0) is 26.3 Å². The Morgan fingerprint density at radius 1 is 0.514 bits per heavy atom. The van der Waals surface area contributed by atoms with Crippen molar-refractivity contribution in [3.63, 3.8) is 0 Å². The van der Waals surface area contributed by atoms with Gasteiger partial charge in [-0.15, -0.1) is 0 Å². The Morgan fingerprint density at radius 2 is 0.784 bits per heavy atom. The van der Waals surface area contributed by atoms with Crippen LogP contribution in [0.25, 0.3) is 0 Å². The highest BCUT2D eigenvalue weighted by atomic mass is 16.1. The number of Topliss-reactive ketones (excluding diaryl/α,β-unsaturated/α-hetero) is 3. The van der Waals surface area contributed by atoms with Crippen LogP contribution in [0, 0.1) is 0 Å². The largest absolute Gasteiger partial charge is 0.303 e. The lowest BCUT2D eigenvalue weighted by molar-refractivity contribution is -0.107. The van der Waals surface area contributed by atoms with Gasteiger partial charge < -0.3 is 4.79 Å². The molecule has 0 aliphatic carbocycles. The first kappa shape index (κ1) is 25.7. The first-order valence-electron chi connectivity index (χ1n) is 12.3. The van der Waals surface area contributed by atoms with E-state index >= 15 is 0 Å². The smallest absolute Gasteiger partial charge is 0.159 e. The Labute approximate surface area is 217 Å². The molecule has 0 unspecified atom stereocenters. The summed E-state index contributed by atoms with van der Waals surface area (Å²) in [5.74, 6) is -0.0431. The molecule has 4 aromatic rings. The van der Waals surface area contributed by atoms with E-state index in [1.807, 2.05) is 97.1 Å². The Morgan fingerprint density at radius 3 is 1.03 bits per heavy atom. The Kier molecular flexibility index (Phi) is 7.44. The summed E-state index contributed by atoms with van der Waals surface area (Å²) in [6, 6.07) is 30.9. The topological polar surface area (TPSA) is 68.3 Å². The minimum absolute atomic E-state index is 0.0144. The molecular weight excluding hydrogens is 459 g/mol. The molecule has 0 aliphatic heterocycles. The number of benzene rings is 4. The van der Waals surface area contributed by atoms with Crippen molar-refractivity contribution in [3.8, 4) is 0 Å². The molecule has 0 radical (unpaired) electrons. The van der Waals surface area contributed by atoms with Crippen molar-refractivity contribution in [1.82, 2.24) is 0 Å². The van der Waals surface area contributed by atoms with E-state index in [0.717, 1.165) is 33.7 Å². The zero-order chi connectivity index (χ0) is 26.6. The maximum absolute atomic E-state index is 12.0. The molecule has 4 rings (SSSR count). The van der Waals surface area contributed by atoms with E-state index in [9.17, 15) is 19.2 Å². The fraction of sp³-hybridized carbons (Fsp3) is 0.125. The summed E-state index contributed by atoms with van der Waals surface area (Å²) >= 11 is 0. The maximum atomic E-state index is 12.0. The predicted molar refractivity (Wildman–Crippen MR) is 150 cm³/mol. The molecular formula is C32H28BO4-. The molecule has 0 heterocycles. The second-order valence-electron chi connectivity index (χ2n) is 9.51. The average Bonchev–Trinajstić information content (AvgIpc) is 2.91. The number of carbonyl (C=O) groups excluding carboxylic acids is 4. The Hall–Kier alpha value is -4.38. The summed E-state index contributed by atoms with van der Waals surface area (Å²) in [7, 11) is 0. The highest BCUT2D eigenvalue weighted by molar-refractivity contribution is 7.19. The quantitative estimate of drug-likeness (QED) is 0.206. The van der Waals surface area contributed by atoms with Gasteiger partial charge in [0.15, 0.2) is 17.3 Å². The molecule has 0 aliphatic rings. The van der Waals surface area contributed by atoms with Crippen LogP contribution in [-0.2, 0) is 11.2 Å². The molecule has 0 amide bonds. The van der Waals surface area contributed by atoms with Crippen LogP contribution in [-0.4, -0.2) is 29.8 Å². The number of carbonyl (C=O) groups is 4. The van der Waals surface area contributed by atoms with Crippen molar-refractivity contribution < 1.29 is 19.2 Å². The van der Waals surface area contributed by atoms with Crippen molar-refractivity contribution in [2.45, 2.75) is 27.2 Å². The first-order chi connectivity index (χ1) is 17.8. The molecule has 0 bridgehead atoms. The molecule has 5 heteroatoms. The molecule has 0 fully saturated rings. The van der Waals surface area contributed by atoms with Gasteiger partial charge in [-0.3, -0.25) is 14.4 Å². The second kappa shape index (κ2) is 10.7. The lowest BCUT2D eigenvalue weighted by Gasteiger charge is -2.44. The summed E-state index contributed by atoms with van der Waals surface area (Å²) in [5, 5.41) is 0. The van der Waals surface area contributed by atoms with Crippen LogP contribution in [0.2, 0.25) is 0 Å². The van der Waals surface area contributed by atoms with E-state index in [4.69, 9.17) is 0 Å². The van der Waals surface area contributed by atoms with Gasteiger partial charge in [0.25, 0.3) is 0 Å². The summed E-state index contributed by atoms with van der Waals surface area (Å²) < 4.78 is 0. The summed E-state index contributed by atoms with van der Waals surface area (Å²) in [6.45, 7) is 4.63. The van der Waals surface area contributed by atoms with Crippen molar-refractivity contribution in [3.05, 3.63) is 119 Å². The fourth-order valence-electron chi connectivity index (χ4n) is 5.21. The Balaban J connectivity index is 2.07. The molecule has 0 spiro atoms. The molecule has 37 heavy (non-hydrogen) atoms. The van der Waals surface area contributed by atoms with Crippen LogP contribution in [0.5, 0.6) is 0 Å². The number of hydrogen-bond donors (Lipinski definition) is 0. The highest BCUT2D eigenvalue weighted by Gasteiger charge is 2.32. The van der Waals surface area contributed by atoms with Crippen molar-refractivity contribution in [2.75, 3.05) is 0 Å². The lowest BCUT2D eigenvalue weighted by Crippen LogP contribution is -2.74. The molecule has 0 atom stereocenters. The van der Waals surface area contributed by atoms with Gasteiger partial charge in [0.1, 0.15) is 12.4 Å². The third-order valence-corrected chi connectivity index (χ3v) is 7.25. The third kappa shape index (κ3) is 4.98. The number of ketones is 3. The van der Waals surface area contributed by atoms with Gasteiger partial charge in [0, 0.05) is 23.1 Å². The SMILES string of the molecule is CC(=O)c1ccc([B-](c2ccc(CC=O)cc2)(c2ccc(C(C)=O)cc2)c2ccc(C(C)=O)cc2)cc1. The minimum atomic E-state index is -1.77. The fourth-order valence-corrected chi connectivity index (χ4v) is 5.21. The summed E-state index contributed by atoms with van der Waals surface area (Å²) in [4.78, 5) is 47.2. The van der Waals surface area contributed by atoms with Gasteiger partial charge >= 0.3 is 0 Å². The maximum Gasteiger partial charge on any atom is 0.159 e. The van der Waals surface area contributed by atoms with E-state index in [-0.39, 0.29) is 17.3 Å². The Bertz CT molecular complexity index is 1310. The standard InChI is InChI=1S/C32H28BO4/c1-22(35)26-6-14-30(15-7-26)33(29-12-4-25(5-13-29)20-21-34,31-16-8-27(9-17-31)23(2)36)32-18-10-28(11-19-32)24(3)37/h4-19,21H,20H2,1-3H3/q-1. The van der Waals surface area contributed by atoms with Crippen molar-refractivity contribution in [1.29, 1.82) is 0 Å². The summed E-state index contributed by atoms with van der Waals surface area (Å²) in [6.07, 6.45) is -0.563. The average molecular weight is 487 g/mol. The molecule has 0 N–H and O–H groups in total. The van der Waals surface area contributed by atoms with Gasteiger partial charge in [0.2, 0.25) is 0 Å². The van der Waals surface area contributed by atoms with Crippen molar-refractivity contribution >= 4 is 51.6 Å².